The third-order valence-electron chi connectivity index (χ3n) is 9.88. The van der Waals surface area contributed by atoms with Crippen LogP contribution in [0, 0.1) is 11.2 Å². The summed E-state index contributed by atoms with van der Waals surface area (Å²) >= 11 is 0. The first-order valence-electron chi connectivity index (χ1n) is 17.3. The molecule has 272 valence electrons. The number of hydrogen-bond acceptors (Lipinski definition) is 9. The largest absolute Gasteiger partial charge is 0.377 e. The van der Waals surface area contributed by atoms with Crippen LogP contribution in [0.1, 0.15) is 32.0 Å². The lowest BCUT2D eigenvalue weighted by atomic mass is 9.80. The van der Waals surface area contributed by atoms with E-state index in [-0.39, 0.29) is 28.1 Å². The van der Waals surface area contributed by atoms with Gasteiger partial charge in [0.1, 0.15) is 17.8 Å². The Balaban J connectivity index is 0.917. The molecule has 1 saturated heterocycles. The summed E-state index contributed by atoms with van der Waals surface area (Å²) in [6.45, 7) is 9.33. The van der Waals surface area contributed by atoms with Gasteiger partial charge in [-0.1, -0.05) is 45.0 Å². The molecule has 3 aromatic heterocycles. The molecule has 15 heteroatoms. The van der Waals surface area contributed by atoms with Gasteiger partial charge in [-0.3, -0.25) is 4.98 Å². The lowest BCUT2D eigenvalue weighted by molar-refractivity contribution is -0.207. The lowest BCUT2D eigenvalue weighted by Crippen LogP contribution is -2.49. The topological polar surface area (TPSA) is 123 Å². The van der Waals surface area contributed by atoms with E-state index in [0.29, 0.717) is 12.1 Å². The van der Waals surface area contributed by atoms with Gasteiger partial charge in [0.05, 0.1) is 18.8 Å². The van der Waals surface area contributed by atoms with E-state index in [1.54, 1.807) is 17.0 Å². The third-order valence-corrected chi connectivity index (χ3v) is 9.88. The van der Waals surface area contributed by atoms with Crippen LogP contribution in [-0.4, -0.2) is 70.8 Å². The van der Waals surface area contributed by atoms with Crippen LogP contribution in [0.3, 0.4) is 0 Å². The molecular formula is C38H37F3N10O2. The van der Waals surface area contributed by atoms with E-state index >= 15 is 8.78 Å². The Bertz CT molecular complexity index is 2320. The molecule has 6 aromatic rings. The second kappa shape index (κ2) is 12.7. The average Bonchev–Trinajstić information content (AvgIpc) is 3.77. The summed E-state index contributed by atoms with van der Waals surface area (Å²) in [4.78, 5) is 21.6. The number of alkyl halides is 2. The summed E-state index contributed by atoms with van der Waals surface area (Å²) in [7, 11) is 0. The highest BCUT2D eigenvalue weighted by atomic mass is 19.3. The van der Waals surface area contributed by atoms with E-state index in [1.807, 2.05) is 48.5 Å². The predicted molar refractivity (Wildman–Crippen MR) is 192 cm³/mol. The highest BCUT2D eigenvalue weighted by molar-refractivity contribution is 5.67. The second-order valence-corrected chi connectivity index (χ2v) is 14.8. The Morgan fingerprint density at radius 1 is 0.830 bits per heavy atom. The highest BCUT2D eigenvalue weighted by Crippen LogP contribution is 2.50. The maximum absolute atomic E-state index is 16.2. The normalized spacial score (nSPS) is 17.5. The molecule has 0 unspecified atom stereocenters. The fourth-order valence-electron chi connectivity index (χ4n) is 7.08. The van der Waals surface area contributed by atoms with Crippen molar-refractivity contribution < 1.29 is 18.3 Å². The minimum atomic E-state index is -3.87. The number of rotatable bonds is 7. The molecule has 2 aliphatic rings. The first kappa shape index (κ1) is 34.3. The maximum Gasteiger partial charge on any atom is 0.350 e. The van der Waals surface area contributed by atoms with Crippen molar-refractivity contribution in [2.24, 2.45) is 5.41 Å². The van der Waals surface area contributed by atoms with Gasteiger partial charge in [0, 0.05) is 60.4 Å². The smallest absolute Gasteiger partial charge is 0.350 e. The molecule has 0 saturated carbocycles. The van der Waals surface area contributed by atoms with Gasteiger partial charge in [-0.15, -0.1) is 5.10 Å². The van der Waals surface area contributed by atoms with Crippen LogP contribution in [0.2, 0.25) is 0 Å². The molecule has 53 heavy (non-hydrogen) atoms. The van der Waals surface area contributed by atoms with Crippen LogP contribution in [0.5, 0.6) is 0 Å². The van der Waals surface area contributed by atoms with Gasteiger partial charge in [0.15, 0.2) is 11.4 Å². The van der Waals surface area contributed by atoms with Crippen LogP contribution >= 0.6 is 0 Å². The fraction of sp³-hybridized carbons (Fsp3) is 0.316. The van der Waals surface area contributed by atoms with Crippen LogP contribution in [0.25, 0.3) is 28.2 Å². The van der Waals surface area contributed by atoms with Gasteiger partial charge in [-0.2, -0.15) is 13.9 Å². The summed E-state index contributed by atoms with van der Waals surface area (Å²) in [5, 5.41) is 26.9. The minimum absolute atomic E-state index is 0.00824. The van der Waals surface area contributed by atoms with Gasteiger partial charge in [0.2, 0.25) is 0 Å². The van der Waals surface area contributed by atoms with Crippen LogP contribution in [0.4, 0.5) is 24.5 Å². The van der Waals surface area contributed by atoms with Crippen molar-refractivity contribution >= 4 is 11.4 Å². The van der Waals surface area contributed by atoms with E-state index in [1.165, 1.54) is 16.9 Å². The zero-order valence-electron chi connectivity index (χ0n) is 29.4. The van der Waals surface area contributed by atoms with Crippen LogP contribution < -0.4 is 15.5 Å². The SMILES string of the molecule is CC(C)(C)Cn1ncn(-c2ccc(N3CCN(c4ccc(-c5ccc(C(F)(F)[C@]6(O)Cn7nnnc7-c7cc(F)ccc76)nc5)cc4)CC3)cc2)c1=O. The first-order chi connectivity index (χ1) is 25.3. The molecule has 0 aliphatic carbocycles. The highest BCUT2D eigenvalue weighted by Gasteiger charge is 2.59. The predicted octanol–water partition coefficient (Wildman–Crippen LogP) is 5.25. The van der Waals surface area contributed by atoms with E-state index in [0.717, 1.165) is 71.7 Å². The van der Waals surface area contributed by atoms with Crippen molar-refractivity contribution in [3.05, 3.63) is 119 Å². The fourth-order valence-corrected chi connectivity index (χ4v) is 7.08. The molecule has 1 N–H and O–H groups in total. The first-order valence-corrected chi connectivity index (χ1v) is 17.3. The molecule has 3 aromatic carbocycles. The van der Waals surface area contributed by atoms with Gasteiger partial charge in [-0.25, -0.2) is 23.1 Å². The molecule has 1 atom stereocenters. The number of halogens is 3. The number of piperazine rings is 1. The molecule has 0 amide bonds. The average molecular weight is 723 g/mol. The molecule has 0 spiro atoms. The number of anilines is 2. The summed E-state index contributed by atoms with van der Waals surface area (Å²) < 4.78 is 50.5. The molecule has 5 heterocycles. The zero-order chi connectivity index (χ0) is 37.1. The number of aliphatic hydroxyl groups is 1. The molecular weight excluding hydrogens is 685 g/mol. The van der Waals surface area contributed by atoms with Crippen LogP contribution in [0.15, 0.2) is 96.2 Å². The van der Waals surface area contributed by atoms with Gasteiger partial charge in [-0.05, 0) is 76.0 Å². The number of pyridine rings is 1. The third kappa shape index (κ3) is 6.14. The Morgan fingerprint density at radius 3 is 2.08 bits per heavy atom. The van der Waals surface area contributed by atoms with Crippen molar-refractivity contribution in [2.75, 3.05) is 36.0 Å². The molecule has 12 nitrogen and oxygen atoms in total. The molecule has 2 aliphatic heterocycles. The Kier molecular flexibility index (Phi) is 8.20. The Labute approximate surface area is 302 Å². The molecule has 8 rings (SSSR count). The van der Waals surface area contributed by atoms with E-state index in [2.05, 4.69) is 56.2 Å². The number of tetrazole rings is 1. The lowest BCUT2D eigenvalue weighted by Gasteiger charge is -2.39. The van der Waals surface area contributed by atoms with Gasteiger partial charge >= 0.3 is 11.6 Å². The van der Waals surface area contributed by atoms with Crippen molar-refractivity contribution in [2.45, 2.75) is 45.4 Å². The van der Waals surface area contributed by atoms with E-state index < -0.39 is 29.6 Å². The summed E-state index contributed by atoms with van der Waals surface area (Å²) in [5.74, 6) is -4.44. The number of aromatic nitrogens is 8. The maximum atomic E-state index is 16.2. The van der Waals surface area contributed by atoms with E-state index in [4.69, 9.17) is 0 Å². The Hall–Kier alpha value is -5.83. The van der Waals surface area contributed by atoms with Gasteiger partial charge in [0.25, 0.3) is 0 Å². The second-order valence-electron chi connectivity index (χ2n) is 14.8. The molecule has 1 fully saturated rings. The molecule has 0 radical (unpaired) electrons. The van der Waals surface area contributed by atoms with Crippen molar-refractivity contribution in [1.82, 2.24) is 39.5 Å². The van der Waals surface area contributed by atoms with Crippen molar-refractivity contribution in [1.29, 1.82) is 0 Å². The zero-order valence-corrected chi connectivity index (χ0v) is 29.4. The quantitative estimate of drug-likeness (QED) is 0.235. The monoisotopic (exact) mass is 722 g/mol. The summed E-state index contributed by atoms with van der Waals surface area (Å²) in [6, 6.07) is 21.8. The standard InChI is InChI=1S/C38H37F3N10O2/c1-36(2,3)22-51-35(52)49(24-43-51)30-12-10-29(11-13-30)48-18-16-47(17-19-48)28-8-4-25(5-9-28)26-6-15-33(42-21-26)38(40,41)37(53)23-50-34(44-45-46-50)31-20-27(39)7-14-32(31)37/h4-15,20-21,24,53H,16-19,22-23H2,1-3H3/t37-/m0/s1. The van der Waals surface area contributed by atoms with E-state index in [9.17, 15) is 14.3 Å². The summed E-state index contributed by atoms with van der Waals surface area (Å²) in [6.07, 6.45) is 2.93. The number of hydrogen-bond donors (Lipinski definition) is 1. The van der Waals surface area contributed by atoms with Crippen molar-refractivity contribution in [3.8, 4) is 28.2 Å². The molecule has 0 bridgehead atoms. The number of nitrogens with zero attached hydrogens (tertiary/aromatic N) is 10. The van der Waals surface area contributed by atoms with Crippen molar-refractivity contribution in [3.63, 3.8) is 0 Å². The number of fused-ring (bicyclic) bond motifs is 3. The van der Waals surface area contributed by atoms with Crippen LogP contribution in [-0.2, 0) is 24.6 Å². The number of benzene rings is 3. The van der Waals surface area contributed by atoms with Gasteiger partial charge < -0.3 is 14.9 Å². The summed E-state index contributed by atoms with van der Waals surface area (Å²) in [5.41, 5.74) is 0.501. The minimum Gasteiger partial charge on any atom is -0.377 e. The Morgan fingerprint density at radius 2 is 1.45 bits per heavy atom.